The van der Waals surface area contributed by atoms with Gasteiger partial charge in [-0.3, -0.25) is 0 Å². The monoisotopic (exact) mass is 283 g/mol. The van der Waals surface area contributed by atoms with Crippen molar-refractivity contribution in [2.24, 2.45) is 0 Å². The summed E-state index contributed by atoms with van der Waals surface area (Å²) in [5.41, 5.74) is 3.88. The van der Waals surface area contributed by atoms with Crippen molar-refractivity contribution in [1.82, 2.24) is 5.32 Å². The molecule has 0 aliphatic rings. The van der Waals surface area contributed by atoms with E-state index in [9.17, 15) is 0 Å². The summed E-state index contributed by atoms with van der Waals surface area (Å²) in [6, 6.07) is 14.6. The summed E-state index contributed by atoms with van der Waals surface area (Å²) in [6.07, 6.45) is 0. The zero-order valence-corrected chi connectivity index (χ0v) is 13.7. The Morgan fingerprint density at radius 3 is 2.43 bits per heavy atom. The first-order valence-electron chi connectivity index (χ1n) is 7.42. The van der Waals surface area contributed by atoms with Gasteiger partial charge in [-0.15, -0.1) is 0 Å². The molecule has 0 heterocycles. The first-order valence-corrected chi connectivity index (χ1v) is 7.42. The number of aryl methyl sites for hydroxylation is 1. The van der Waals surface area contributed by atoms with Crippen LogP contribution >= 0.6 is 0 Å². The minimum atomic E-state index is 0.163. The molecular weight excluding hydrogens is 258 g/mol. The van der Waals surface area contributed by atoms with Crippen molar-refractivity contribution in [3.8, 4) is 11.5 Å². The van der Waals surface area contributed by atoms with Gasteiger partial charge in [0.15, 0.2) is 0 Å². The van der Waals surface area contributed by atoms with E-state index in [1.54, 1.807) is 0 Å². The van der Waals surface area contributed by atoms with Gasteiger partial charge in [-0.1, -0.05) is 45.0 Å². The van der Waals surface area contributed by atoms with Crippen molar-refractivity contribution < 1.29 is 4.74 Å². The van der Waals surface area contributed by atoms with Crippen LogP contribution in [0.3, 0.4) is 0 Å². The minimum absolute atomic E-state index is 0.163. The molecule has 2 aromatic rings. The Morgan fingerprint density at radius 2 is 1.81 bits per heavy atom. The average molecular weight is 283 g/mol. The van der Waals surface area contributed by atoms with Crippen LogP contribution in [0.1, 0.15) is 37.5 Å². The van der Waals surface area contributed by atoms with Gasteiger partial charge in [-0.2, -0.15) is 0 Å². The molecule has 2 heteroatoms. The Bertz CT molecular complexity index is 611. The quantitative estimate of drug-likeness (QED) is 0.870. The predicted octanol–water partition coefficient (Wildman–Crippen LogP) is 4.80. The van der Waals surface area contributed by atoms with Crippen molar-refractivity contribution in [2.45, 2.75) is 39.7 Å². The van der Waals surface area contributed by atoms with Gasteiger partial charge >= 0.3 is 0 Å². The summed E-state index contributed by atoms with van der Waals surface area (Å²) in [5.74, 6) is 1.80. The third-order valence-electron chi connectivity index (χ3n) is 3.55. The molecule has 0 aliphatic carbocycles. The van der Waals surface area contributed by atoms with Crippen LogP contribution in [0.4, 0.5) is 0 Å². The third-order valence-corrected chi connectivity index (χ3v) is 3.55. The lowest BCUT2D eigenvalue weighted by atomic mass is 9.86. The Hall–Kier alpha value is -1.80. The van der Waals surface area contributed by atoms with Crippen LogP contribution in [0.25, 0.3) is 0 Å². The molecule has 0 fully saturated rings. The van der Waals surface area contributed by atoms with Crippen LogP contribution < -0.4 is 10.1 Å². The van der Waals surface area contributed by atoms with E-state index in [1.807, 2.05) is 19.2 Å². The summed E-state index contributed by atoms with van der Waals surface area (Å²) in [6.45, 7) is 9.62. The molecule has 2 rings (SSSR count). The van der Waals surface area contributed by atoms with Crippen molar-refractivity contribution in [3.05, 3.63) is 59.2 Å². The smallest absolute Gasteiger partial charge is 0.130 e. The van der Waals surface area contributed by atoms with Crippen LogP contribution in [0.15, 0.2) is 42.5 Å². The highest BCUT2D eigenvalue weighted by Crippen LogP contribution is 2.30. The zero-order chi connectivity index (χ0) is 15.5. The second-order valence-electron chi connectivity index (χ2n) is 6.51. The van der Waals surface area contributed by atoms with Crippen LogP contribution in [0, 0.1) is 6.92 Å². The second kappa shape index (κ2) is 6.31. The maximum absolute atomic E-state index is 6.04. The summed E-state index contributed by atoms with van der Waals surface area (Å²) in [4.78, 5) is 0. The van der Waals surface area contributed by atoms with Crippen molar-refractivity contribution in [3.63, 3.8) is 0 Å². The number of hydrogen-bond donors (Lipinski definition) is 1. The standard InChI is InChI=1S/C19H25NO/c1-14-11-16(19(2,3)4)9-10-18(14)21-17-8-6-7-15(12-17)13-20-5/h6-12,20H,13H2,1-5H3. The number of benzene rings is 2. The summed E-state index contributed by atoms with van der Waals surface area (Å²) >= 11 is 0. The maximum atomic E-state index is 6.04. The van der Waals surface area contributed by atoms with Gasteiger partial charge in [-0.25, -0.2) is 0 Å². The summed E-state index contributed by atoms with van der Waals surface area (Å²) < 4.78 is 6.04. The first-order chi connectivity index (χ1) is 9.90. The molecule has 0 aromatic heterocycles. The molecule has 0 radical (unpaired) electrons. The average Bonchev–Trinajstić information content (AvgIpc) is 2.41. The van der Waals surface area contributed by atoms with Gasteiger partial charge in [-0.05, 0) is 54.3 Å². The molecular formula is C19H25NO. The van der Waals surface area contributed by atoms with E-state index in [0.29, 0.717) is 0 Å². The highest BCUT2D eigenvalue weighted by molar-refractivity contribution is 5.42. The maximum Gasteiger partial charge on any atom is 0.130 e. The molecule has 2 nitrogen and oxygen atoms in total. The normalized spacial score (nSPS) is 11.5. The van der Waals surface area contributed by atoms with Gasteiger partial charge in [0.1, 0.15) is 11.5 Å². The number of ether oxygens (including phenoxy) is 1. The van der Waals surface area contributed by atoms with Crippen molar-refractivity contribution >= 4 is 0 Å². The van der Waals surface area contributed by atoms with E-state index in [2.05, 4.69) is 63.3 Å². The fourth-order valence-electron chi connectivity index (χ4n) is 2.28. The topological polar surface area (TPSA) is 21.3 Å². The SMILES string of the molecule is CNCc1cccc(Oc2ccc(C(C)(C)C)cc2C)c1. The zero-order valence-electron chi connectivity index (χ0n) is 13.7. The van der Waals surface area contributed by atoms with Gasteiger partial charge in [0.25, 0.3) is 0 Å². The lowest BCUT2D eigenvalue weighted by Crippen LogP contribution is -2.11. The molecule has 0 saturated heterocycles. The number of hydrogen-bond acceptors (Lipinski definition) is 2. The van der Waals surface area contributed by atoms with Gasteiger partial charge in [0.2, 0.25) is 0 Å². The van der Waals surface area contributed by atoms with Crippen LogP contribution in [-0.4, -0.2) is 7.05 Å². The molecule has 0 spiro atoms. The molecule has 0 bridgehead atoms. The highest BCUT2D eigenvalue weighted by atomic mass is 16.5. The molecule has 0 aliphatic heterocycles. The van der Waals surface area contributed by atoms with Gasteiger partial charge in [0.05, 0.1) is 0 Å². The predicted molar refractivity (Wildman–Crippen MR) is 89.2 cm³/mol. The van der Waals surface area contributed by atoms with E-state index >= 15 is 0 Å². The largest absolute Gasteiger partial charge is 0.457 e. The summed E-state index contributed by atoms with van der Waals surface area (Å²) in [5, 5.41) is 3.15. The molecule has 0 unspecified atom stereocenters. The fraction of sp³-hybridized carbons (Fsp3) is 0.368. The van der Waals surface area contributed by atoms with Crippen molar-refractivity contribution in [1.29, 1.82) is 0 Å². The third kappa shape index (κ3) is 4.08. The Balaban J connectivity index is 2.22. The molecule has 0 saturated carbocycles. The van der Waals surface area contributed by atoms with E-state index in [-0.39, 0.29) is 5.41 Å². The van der Waals surface area contributed by atoms with Gasteiger partial charge in [0, 0.05) is 6.54 Å². The molecule has 112 valence electrons. The fourth-order valence-corrected chi connectivity index (χ4v) is 2.28. The Morgan fingerprint density at radius 1 is 1.05 bits per heavy atom. The van der Waals surface area contributed by atoms with Crippen LogP contribution in [0.5, 0.6) is 11.5 Å². The Labute approximate surface area is 128 Å². The highest BCUT2D eigenvalue weighted by Gasteiger charge is 2.14. The molecule has 0 amide bonds. The number of nitrogens with one attached hydrogen (secondary N) is 1. The number of rotatable bonds is 4. The van der Waals surface area contributed by atoms with E-state index in [4.69, 9.17) is 4.74 Å². The second-order valence-corrected chi connectivity index (χ2v) is 6.51. The Kier molecular flexibility index (Phi) is 4.69. The van der Waals surface area contributed by atoms with Crippen molar-refractivity contribution in [2.75, 3.05) is 7.05 Å². The minimum Gasteiger partial charge on any atom is -0.457 e. The molecule has 2 aromatic carbocycles. The summed E-state index contributed by atoms with van der Waals surface area (Å²) in [7, 11) is 1.95. The lowest BCUT2D eigenvalue weighted by molar-refractivity contribution is 0.476. The molecule has 21 heavy (non-hydrogen) atoms. The first kappa shape index (κ1) is 15.6. The van der Waals surface area contributed by atoms with Crippen LogP contribution in [-0.2, 0) is 12.0 Å². The van der Waals surface area contributed by atoms with E-state index in [0.717, 1.165) is 18.0 Å². The van der Waals surface area contributed by atoms with Crippen LogP contribution in [0.2, 0.25) is 0 Å². The lowest BCUT2D eigenvalue weighted by Gasteiger charge is -2.20. The van der Waals surface area contributed by atoms with Gasteiger partial charge < -0.3 is 10.1 Å². The van der Waals surface area contributed by atoms with E-state index < -0.39 is 0 Å². The molecule has 0 atom stereocenters. The molecule has 1 N–H and O–H groups in total. The van der Waals surface area contributed by atoms with E-state index in [1.165, 1.54) is 16.7 Å².